The molecule has 1 saturated carbocycles. The summed E-state index contributed by atoms with van der Waals surface area (Å²) in [4.78, 5) is 0. The maximum atomic E-state index is 11.9. The van der Waals surface area contributed by atoms with Gasteiger partial charge in [-0.05, 0) is 49.9 Å². The average Bonchev–Trinajstić information content (AvgIpc) is 2.29. The van der Waals surface area contributed by atoms with Gasteiger partial charge < -0.3 is 4.74 Å². The number of hydrogen-bond acceptors (Lipinski definition) is 1. The molecule has 3 atom stereocenters. The van der Waals surface area contributed by atoms with Crippen molar-refractivity contribution in [3.05, 3.63) is 0 Å². The van der Waals surface area contributed by atoms with Crippen molar-refractivity contribution in [3.63, 3.8) is 0 Å². The molecule has 0 bridgehead atoms. The standard InChI is InChI=1S/C14H24ClF3O/c1-10(2)11-5-6-13(15)12(8-11)4-3-7-19-9-14(16,17)18/h10-13H,3-9H2,1-2H3. The zero-order valence-electron chi connectivity index (χ0n) is 11.7. The van der Waals surface area contributed by atoms with Crippen molar-refractivity contribution < 1.29 is 17.9 Å². The first kappa shape index (κ1) is 17.1. The first-order valence-electron chi connectivity index (χ1n) is 7.08. The molecule has 1 aliphatic rings. The minimum Gasteiger partial charge on any atom is -0.372 e. The van der Waals surface area contributed by atoms with Crippen LogP contribution in [-0.4, -0.2) is 24.8 Å². The van der Waals surface area contributed by atoms with Gasteiger partial charge in [-0.15, -0.1) is 11.6 Å². The summed E-state index contributed by atoms with van der Waals surface area (Å²) in [5.41, 5.74) is 0. The molecular formula is C14H24ClF3O. The fourth-order valence-corrected chi connectivity index (χ4v) is 3.16. The first-order chi connectivity index (χ1) is 8.79. The van der Waals surface area contributed by atoms with E-state index < -0.39 is 12.8 Å². The van der Waals surface area contributed by atoms with E-state index in [4.69, 9.17) is 11.6 Å². The summed E-state index contributed by atoms with van der Waals surface area (Å²) in [7, 11) is 0. The lowest BCUT2D eigenvalue weighted by Gasteiger charge is -2.35. The molecule has 0 N–H and O–H groups in total. The van der Waals surface area contributed by atoms with Crippen LogP contribution in [0.25, 0.3) is 0 Å². The molecule has 1 fully saturated rings. The van der Waals surface area contributed by atoms with Crippen LogP contribution in [0.1, 0.15) is 46.0 Å². The molecular weight excluding hydrogens is 277 g/mol. The van der Waals surface area contributed by atoms with Crippen LogP contribution in [-0.2, 0) is 4.74 Å². The lowest BCUT2D eigenvalue weighted by Crippen LogP contribution is -2.28. The molecule has 1 nitrogen and oxygen atoms in total. The highest BCUT2D eigenvalue weighted by Crippen LogP contribution is 2.38. The van der Waals surface area contributed by atoms with E-state index in [2.05, 4.69) is 18.6 Å². The van der Waals surface area contributed by atoms with Crippen LogP contribution in [0.3, 0.4) is 0 Å². The predicted molar refractivity (Wildman–Crippen MR) is 71.4 cm³/mol. The van der Waals surface area contributed by atoms with Crippen LogP contribution in [0.15, 0.2) is 0 Å². The normalized spacial score (nSPS) is 28.9. The SMILES string of the molecule is CC(C)C1CCC(Cl)C(CCCOCC(F)(F)F)C1. The van der Waals surface area contributed by atoms with Gasteiger partial charge in [-0.2, -0.15) is 13.2 Å². The molecule has 5 heteroatoms. The molecule has 0 aromatic carbocycles. The quantitative estimate of drug-likeness (QED) is 0.494. The van der Waals surface area contributed by atoms with Crippen molar-refractivity contribution >= 4 is 11.6 Å². The number of halogens is 4. The van der Waals surface area contributed by atoms with Gasteiger partial charge in [0, 0.05) is 12.0 Å². The third-order valence-electron chi connectivity index (χ3n) is 4.00. The van der Waals surface area contributed by atoms with E-state index in [0.29, 0.717) is 24.2 Å². The van der Waals surface area contributed by atoms with Crippen molar-refractivity contribution in [2.45, 2.75) is 57.5 Å². The van der Waals surface area contributed by atoms with E-state index in [1.165, 1.54) is 6.42 Å². The monoisotopic (exact) mass is 300 g/mol. The Bertz CT molecular complexity index is 256. The van der Waals surface area contributed by atoms with Crippen LogP contribution in [0.2, 0.25) is 0 Å². The molecule has 1 aliphatic carbocycles. The zero-order valence-corrected chi connectivity index (χ0v) is 12.4. The fraction of sp³-hybridized carbons (Fsp3) is 1.00. The molecule has 0 radical (unpaired) electrons. The third-order valence-corrected chi connectivity index (χ3v) is 4.58. The zero-order chi connectivity index (χ0) is 14.5. The third kappa shape index (κ3) is 6.84. The van der Waals surface area contributed by atoms with Crippen molar-refractivity contribution in [2.24, 2.45) is 17.8 Å². The highest BCUT2D eigenvalue weighted by molar-refractivity contribution is 6.20. The molecule has 0 aromatic heterocycles. The molecule has 19 heavy (non-hydrogen) atoms. The fourth-order valence-electron chi connectivity index (χ4n) is 2.80. The Morgan fingerprint density at radius 2 is 1.95 bits per heavy atom. The van der Waals surface area contributed by atoms with E-state index in [9.17, 15) is 13.2 Å². The Morgan fingerprint density at radius 1 is 1.26 bits per heavy atom. The highest BCUT2D eigenvalue weighted by Gasteiger charge is 2.30. The minimum absolute atomic E-state index is 0.173. The minimum atomic E-state index is -4.22. The predicted octanol–water partition coefficient (Wildman–Crippen LogP) is 5.03. The molecule has 0 saturated heterocycles. The summed E-state index contributed by atoms with van der Waals surface area (Å²) in [6, 6.07) is 0. The van der Waals surface area contributed by atoms with Gasteiger partial charge in [0.15, 0.2) is 0 Å². The van der Waals surface area contributed by atoms with Gasteiger partial charge in [-0.1, -0.05) is 13.8 Å². The maximum absolute atomic E-state index is 11.9. The molecule has 0 amide bonds. The van der Waals surface area contributed by atoms with Gasteiger partial charge in [0.25, 0.3) is 0 Å². The smallest absolute Gasteiger partial charge is 0.372 e. The second-order valence-corrected chi connectivity index (χ2v) is 6.46. The summed E-state index contributed by atoms with van der Waals surface area (Å²) in [6.45, 7) is 3.48. The van der Waals surface area contributed by atoms with E-state index in [1.807, 2.05) is 0 Å². The van der Waals surface area contributed by atoms with Crippen molar-refractivity contribution in [1.29, 1.82) is 0 Å². The van der Waals surface area contributed by atoms with Gasteiger partial charge in [-0.3, -0.25) is 0 Å². The number of ether oxygens (including phenoxy) is 1. The topological polar surface area (TPSA) is 9.23 Å². The summed E-state index contributed by atoms with van der Waals surface area (Å²) < 4.78 is 40.3. The number of hydrogen-bond donors (Lipinski definition) is 0. The summed E-state index contributed by atoms with van der Waals surface area (Å²) >= 11 is 6.32. The molecule has 0 spiro atoms. The largest absolute Gasteiger partial charge is 0.411 e. The van der Waals surface area contributed by atoms with Crippen LogP contribution >= 0.6 is 11.6 Å². The highest BCUT2D eigenvalue weighted by atomic mass is 35.5. The Kier molecular flexibility index (Phi) is 6.95. The van der Waals surface area contributed by atoms with E-state index in [1.54, 1.807) is 0 Å². The Labute approximate surface area is 118 Å². The molecule has 114 valence electrons. The van der Waals surface area contributed by atoms with Crippen molar-refractivity contribution in [1.82, 2.24) is 0 Å². The van der Waals surface area contributed by atoms with Crippen LogP contribution in [0.4, 0.5) is 13.2 Å². The lowest BCUT2D eigenvalue weighted by molar-refractivity contribution is -0.174. The summed E-state index contributed by atoms with van der Waals surface area (Å²) in [6.07, 6.45) is 0.614. The van der Waals surface area contributed by atoms with E-state index in [-0.39, 0.29) is 12.0 Å². The van der Waals surface area contributed by atoms with Gasteiger partial charge in [0.1, 0.15) is 6.61 Å². The average molecular weight is 301 g/mol. The lowest BCUT2D eigenvalue weighted by atomic mass is 9.74. The number of alkyl halides is 4. The van der Waals surface area contributed by atoms with Gasteiger partial charge in [-0.25, -0.2) is 0 Å². The Morgan fingerprint density at radius 3 is 2.53 bits per heavy atom. The second kappa shape index (κ2) is 7.72. The molecule has 0 aliphatic heterocycles. The van der Waals surface area contributed by atoms with Crippen LogP contribution in [0.5, 0.6) is 0 Å². The Balaban J connectivity index is 2.20. The second-order valence-electron chi connectivity index (χ2n) is 5.90. The van der Waals surface area contributed by atoms with Crippen molar-refractivity contribution in [2.75, 3.05) is 13.2 Å². The van der Waals surface area contributed by atoms with Gasteiger partial charge in [0.2, 0.25) is 0 Å². The Hall–Kier alpha value is 0.0400. The summed E-state index contributed by atoms with van der Waals surface area (Å²) in [5, 5.41) is 0.178. The summed E-state index contributed by atoms with van der Waals surface area (Å²) in [5.74, 6) is 1.79. The van der Waals surface area contributed by atoms with Gasteiger partial charge in [0.05, 0.1) is 0 Å². The maximum Gasteiger partial charge on any atom is 0.411 e. The van der Waals surface area contributed by atoms with E-state index >= 15 is 0 Å². The molecule has 0 heterocycles. The first-order valence-corrected chi connectivity index (χ1v) is 7.52. The molecule has 1 rings (SSSR count). The van der Waals surface area contributed by atoms with Crippen molar-refractivity contribution in [3.8, 4) is 0 Å². The number of rotatable bonds is 6. The van der Waals surface area contributed by atoms with Crippen LogP contribution in [0, 0.1) is 17.8 Å². The van der Waals surface area contributed by atoms with Gasteiger partial charge >= 0.3 is 6.18 Å². The van der Waals surface area contributed by atoms with Crippen LogP contribution < -0.4 is 0 Å². The molecule has 3 unspecified atom stereocenters. The van der Waals surface area contributed by atoms with E-state index in [0.717, 1.165) is 19.3 Å². The molecule has 0 aromatic rings.